The van der Waals surface area contributed by atoms with Crippen molar-refractivity contribution in [2.45, 2.75) is 19.8 Å². The summed E-state index contributed by atoms with van der Waals surface area (Å²) in [4.78, 5) is 8.66. The fourth-order valence-electron chi connectivity index (χ4n) is 2.12. The third-order valence-electron chi connectivity index (χ3n) is 3.27. The molecule has 0 saturated carbocycles. The Labute approximate surface area is 142 Å². The second-order valence-corrected chi connectivity index (χ2v) is 5.59. The van der Waals surface area contributed by atoms with E-state index in [1.165, 1.54) is 5.56 Å². The van der Waals surface area contributed by atoms with E-state index in [1.54, 1.807) is 12.3 Å². The average molecular weight is 335 g/mol. The number of hydrogen-bond acceptors (Lipinski definition) is 3. The summed E-state index contributed by atoms with van der Waals surface area (Å²) in [5.41, 5.74) is 2.34. The predicted octanol–water partition coefficient (Wildman–Crippen LogP) is 1.81. The lowest BCUT2D eigenvalue weighted by Gasteiger charge is -2.10. The molecule has 0 aliphatic heterocycles. The molecule has 0 atom stereocenters. The van der Waals surface area contributed by atoms with E-state index in [0.717, 1.165) is 37.5 Å². The highest BCUT2D eigenvalue weighted by atomic mass is 35.5. The van der Waals surface area contributed by atoms with Gasteiger partial charge in [-0.25, -0.2) is 4.98 Å². The summed E-state index contributed by atoms with van der Waals surface area (Å²) in [6.45, 7) is 4.41. The van der Waals surface area contributed by atoms with Gasteiger partial charge in [-0.15, -0.1) is 0 Å². The number of guanidine groups is 1. The zero-order chi connectivity index (χ0) is 16.5. The zero-order valence-electron chi connectivity index (χ0n) is 13.6. The van der Waals surface area contributed by atoms with E-state index in [2.05, 4.69) is 32.6 Å². The van der Waals surface area contributed by atoms with Gasteiger partial charge in [0.2, 0.25) is 0 Å². The smallest absolute Gasteiger partial charge is 0.191 e. The lowest BCUT2D eigenvalue weighted by atomic mass is 10.2. The summed E-state index contributed by atoms with van der Waals surface area (Å²) in [7, 11) is 1.92. The number of aliphatic imine (C=N–C) groups is 1. The molecule has 0 aromatic carbocycles. The van der Waals surface area contributed by atoms with E-state index in [9.17, 15) is 0 Å². The molecular weight excluding hydrogens is 312 g/mol. The molecule has 2 aromatic rings. The molecular formula is C16H23ClN6. The summed E-state index contributed by atoms with van der Waals surface area (Å²) in [5.74, 6) is 0.832. The van der Waals surface area contributed by atoms with Gasteiger partial charge in [-0.3, -0.25) is 9.67 Å². The minimum Gasteiger partial charge on any atom is -0.357 e. The summed E-state index contributed by atoms with van der Waals surface area (Å²) < 4.78 is 1.81. The highest BCUT2D eigenvalue weighted by molar-refractivity contribution is 6.29. The molecule has 7 heteroatoms. The van der Waals surface area contributed by atoms with Crippen LogP contribution in [-0.2, 0) is 19.9 Å². The molecule has 0 unspecified atom stereocenters. The largest absolute Gasteiger partial charge is 0.357 e. The Morgan fingerprint density at radius 3 is 2.74 bits per heavy atom. The van der Waals surface area contributed by atoms with Gasteiger partial charge in [0.05, 0.1) is 6.20 Å². The third-order valence-corrected chi connectivity index (χ3v) is 3.49. The fraction of sp³-hybridized carbons (Fsp3) is 0.438. The van der Waals surface area contributed by atoms with Gasteiger partial charge < -0.3 is 10.6 Å². The Hall–Kier alpha value is -2.08. The van der Waals surface area contributed by atoms with Crippen LogP contribution in [0.1, 0.15) is 18.1 Å². The standard InChI is InChI=1S/C16H23ClN6/c1-3-18-16(20-9-7-14-11-22-23(2)12-14)19-8-6-13-4-5-15(17)21-10-13/h4-5,10-12H,3,6-9H2,1-2H3,(H2,18,19,20). The van der Waals surface area contributed by atoms with Crippen LogP contribution in [0, 0.1) is 0 Å². The summed E-state index contributed by atoms with van der Waals surface area (Å²) >= 11 is 5.78. The first-order chi connectivity index (χ1) is 11.2. The van der Waals surface area contributed by atoms with Gasteiger partial charge in [0.15, 0.2) is 5.96 Å². The molecule has 0 aliphatic carbocycles. The minimum absolute atomic E-state index is 0.516. The molecule has 0 radical (unpaired) electrons. The molecule has 6 nitrogen and oxygen atoms in total. The van der Waals surface area contributed by atoms with E-state index in [4.69, 9.17) is 11.6 Å². The molecule has 0 amide bonds. The normalized spacial score (nSPS) is 11.5. The first-order valence-corrected chi connectivity index (χ1v) is 8.15. The van der Waals surface area contributed by atoms with Gasteiger partial charge in [-0.05, 0) is 37.0 Å². The van der Waals surface area contributed by atoms with Crippen molar-refractivity contribution < 1.29 is 0 Å². The molecule has 2 heterocycles. The number of pyridine rings is 1. The molecule has 23 heavy (non-hydrogen) atoms. The summed E-state index contributed by atoms with van der Waals surface area (Å²) in [6, 6.07) is 3.78. The molecule has 0 saturated heterocycles. The van der Waals surface area contributed by atoms with Crippen molar-refractivity contribution in [3.8, 4) is 0 Å². The second-order valence-electron chi connectivity index (χ2n) is 5.20. The van der Waals surface area contributed by atoms with Crippen molar-refractivity contribution in [2.75, 3.05) is 19.6 Å². The van der Waals surface area contributed by atoms with Crippen LogP contribution in [0.2, 0.25) is 5.15 Å². The van der Waals surface area contributed by atoms with Crippen LogP contribution in [0.15, 0.2) is 35.7 Å². The van der Waals surface area contributed by atoms with Gasteiger partial charge in [0.1, 0.15) is 5.15 Å². The van der Waals surface area contributed by atoms with Crippen molar-refractivity contribution in [2.24, 2.45) is 12.0 Å². The monoisotopic (exact) mass is 334 g/mol. The van der Waals surface area contributed by atoms with Crippen molar-refractivity contribution >= 4 is 17.6 Å². The van der Waals surface area contributed by atoms with Crippen LogP contribution in [0.4, 0.5) is 0 Å². The Morgan fingerprint density at radius 2 is 2.09 bits per heavy atom. The lowest BCUT2D eigenvalue weighted by Crippen LogP contribution is -2.38. The number of aryl methyl sites for hydroxylation is 1. The Balaban J connectivity index is 1.78. The summed E-state index contributed by atoms with van der Waals surface area (Å²) in [5, 5.41) is 11.3. The molecule has 0 spiro atoms. The van der Waals surface area contributed by atoms with Crippen molar-refractivity contribution in [1.82, 2.24) is 25.4 Å². The minimum atomic E-state index is 0.516. The number of hydrogen-bond donors (Lipinski definition) is 2. The highest BCUT2D eigenvalue weighted by Crippen LogP contribution is 2.05. The van der Waals surface area contributed by atoms with E-state index in [-0.39, 0.29) is 0 Å². The maximum Gasteiger partial charge on any atom is 0.191 e. The molecule has 2 rings (SSSR count). The number of aromatic nitrogens is 3. The van der Waals surface area contributed by atoms with Gasteiger partial charge in [-0.1, -0.05) is 17.7 Å². The topological polar surface area (TPSA) is 67.1 Å². The van der Waals surface area contributed by atoms with Crippen LogP contribution in [0.25, 0.3) is 0 Å². The van der Waals surface area contributed by atoms with Crippen LogP contribution in [0.3, 0.4) is 0 Å². The highest BCUT2D eigenvalue weighted by Gasteiger charge is 2.00. The van der Waals surface area contributed by atoms with Crippen LogP contribution in [0.5, 0.6) is 0 Å². The lowest BCUT2D eigenvalue weighted by molar-refractivity contribution is 0.765. The quantitative estimate of drug-likeness (QED) is 0.460. The first-order valence-electron chi connectivity index (χ1n) is 7.77. The number of nitrogens with one attached hydrogen (secondary N) is 2. The maximum absolute atomic E-state index is 5.78. The van der Waals surface area contributed by atoms with Gasteiger partial charge >= 0.3 is 0 Å². The Kier molecular flexibility index (Phi) is 6.87. The van der Waals surface area contributed by atoms with Crippen molar-refractivity contribution in [1.29, 1.82) is 0 Å². The van der Waals surface area contributed by atoms with Gasteiger partial charge in [-0.2, -0.15) is 5.10 Å². The second kappa shape index (κ2) is 9.15. The number of halogens is 1. The van der Waals surface area contributed by atoms with Crippen molar-refractivity contribution in [3.63, 3.8) is 0 Å². The summed E-state index contributed by atoms with van der Waals surface area (Å²) in [6.07, 6.45) is 7.46. The molecule has 0 bridgehead atoms. The molecule has 0 fully saturated rings. The van der Waals surface area contributed by atoms with Crippen molar-refractivity contribution in [3.05, 3.63) is 47.0 Å². The predicted molar refractivity (Wildman–Crippen MR) is 93.8 cm³/mol. The SMILES string of the molecule is CCNC(=NCCc1ccc(Cl)nc1)NCCc1cnn(C)c1. The maximum atomic E-state index is 5.78. The van der Waals surface area contributed by atoms with E-state index < -0.39 is 0 Å². The third kappa shape index (κ3) is 6.28. The Bertz CT molecular complexity index is 620. The number of rotatable bonds is 7. The van der Waals surface area contributed by atoms with Crippen LogP contribution in [-0.4, -0.2) is 40.4 Å². The van der Waals surface area contributed by atoms with Gasteiger partial charge in [0.25, 0.3) is 0 Å². The van der Waals surface area contributed by atoms with Gasteiger partial charge in [0, 0.05) is 39.1 Å². The Morgan fingerprint density at radius 1 is 1.22 bits per heavy atom. The zero-order valence-corrected chi connectivity index (χ0v) is 14.3. The average Bonchev–Trinajstić information content (AvgIpc) is 2.95. The first kappa shape index (κ1) is 17.3. The number of nitrogens with zero attached hydrogens (tertiary/aromatic N) is 4. The van der Waals surface area contributed by atoms with Crippen LogP contribution < -0.4 is 10.6 Å². The van der Waals surface area contributed by atoms with Crippen LogP contribution >= 0.6 is 11.6 Å². The fourth-order valence-corrected chi connectivity index (χ4v) is 2.23. The van der Waals surface area contributed by atoms with E-state index >= 15 is 0 Å². The molecule has 2 aromatic heterocycles. The molecule has 124 valence electrons. The molecule has 2 N–H and O–H groups in total. The molecule has 0 aliphatic rings. The van der Waals surface area contributed by atoms with E-state index in [1.807, 2.05) is 30.2 Å². The van der Waals surface area contributed by atoms with E-state index in [0.29, 0.717) is 11.7 Å².